The van der Waals surface area contributed by atoms with E-state index in [1.165, 1.54) is 11.1 Å². The number of aryl methyl sites for hydroxylation is 2. The summed E-state index contributed by atoms with van der Waals surface area (Å²) in [6.07, 6.45) is 2.90. The first-order valence-corrected chi connectivity index (χ1v) is 7.13. The predicted octanol–water partition coefficient (Wildman–Crippen LogP) is 3.37. The van der Waals surface area contributed by atoms with Gasteiger partial charge in [0, 0.05) is 11.8 Å². The van der Waals surface area contributed by atoms with E-state index < -0.39 is 0 Å². The van der Waals surface area contributed by atoms with Crippen LogP contribution in [-0.4, -0.2) is 11.5 Å². The van der Waals surface area contributed by atoms with Crippen LogP contribution in [0.5, 0.6) is 0 Å². The molecule has 2 rings (SSSR count). The van der Waals surface area contributed by atoms with Gasteiger partial charge in [0.2, 0.25) is 0 Å². The van der Waals surface area contributed by atoms with Crippen molar-refractivity contribution in [2.24, 2.45) is 0 Å². The summed E-state index contributed by atoms with van der Waals surface area (Å²) < 4.78 is 0. The molecule has 0 bridgehead atoms. The lowest BCUT2D eigenvalue weighted by atomic mass is 9.96. The number of aromatic nitrogens is 1. The first-order chi connectivity index (χ1) is 9.61. The van der Waals surface area contributed by atoms with E-state index in [-0.39, 0.29) is 6.04 Å². The third-order valence-corrected chi connectivity index (χ3v) is 3.37. The minimum Gasteiger partial charge on any atom is -0.383 e. The third kappa shape index (κ3) is 3.36. The zero-order chi connectivity index (χ0) is 14.5. The summed E-state index contributed by atoms with van der Waals surface area (Å²) in [6, 6.07) is 10.8. The lowest BCUT2D eigenvalue weighted by Crippen LogP contribution is -2.24. The lowest BCUT2D eigenvalue weighted by Gasteiger charge is -2.21. The SMILES string of the molecule is CCCNC(c1cccc(C)c1)c1cc(C)cnc1N. The molecule has 106 valence electrons. The van der Waals surface area contributed by atoms with Crippen LogP contribution in [0, 0.1) is 13.8 Å². The molecule has 1 heterocycles. The Morgan fingerprint density at radius 1 is 1.20 bits per heavy atom. The number of pyridine rings is 1. The molecular formula is C17H23N3. The highest BCUT2D eigenvalue weighted by Crippen LogP contribution is 2.27. The van der Waals surface area contributed by atoms with Gasteiger partial charge in [-0.1, -0.05) is 36.8 Å². The van der Waals surface area contributed by atoms with Crippen molar-refractivity contribution in [3.05, 3.63) is 58.8 Å². The summed E-state index contributed by atoms with van der Waals surface area (Å²) in [4.78, 5) is 4.29. The molecule has 0 aliphatic carbocycles. The van der Waals surface area contributed by atoms with Crippen molar-refractivity contribution in [3.8, 4) is 0 Å². The van der Waals surface area contributed by atoms with Gasteiger partial charge in [-0.3, -0.25) is 0 Å². The van der Waals surface area contributed by atoms with E-state index in [0.29, 0.717) is 5.82 Å². The van der Waals surface area contributed by atoms with Gasteiger partial charge in [0.15, 0.2) is 0 Å². The van der Waals surface area contributed by atoms with Crippen molar-refractivity contribution in [2.75, 3.05) is 12.3 Å². The van der Waals surface area contributed by atoms with E-state index in [9.17, 15) is 0 Å². The number of nitrogens with zero attached hydrogens (tertiary/aromatic N) is 1. The van der Waals surface area contributed by atoms with Crippen LogP contribution in [0.3, 0.4) is 0 Å². The van der Waals surface area contributed by atoms with Gasteiger partial charge < -0.3 is 11.1 Å². The number of anilines is 1. The van der Waals surface area contributed by atoms with Crippen LogP contribution in [0.25, 0.3) is 0 Å². The molecule has 0 fully saturated rings. The van der Waals surface area contributed by atoms with E-state index in [1.54, 1.807) is 0 Å². The molecule has 1 aromatic heterocycles. The molecule has 0 spiro atoms. The average molecular weight is 269 g/mol. The smallest absolute Gasteiger partial charge is 0.128 e. The van der Waals surface area contributed by atoms with Crippen LogP contribution in [-0.2, 0) is 0 Å². The van der Waals surface area contributed by atoms with Gasteiger partial charge in [-0.25, -0.2) is 4.98 Å². The van der Waals surface area contributed by atoms with Crippen molar-refractivity contribution in [2.45, 2.75) is 33.2 Å². The van der Waals surface area contributed by atoms with Crippen LogP contribution < -0.4 is 11.1 Å². The Labute approximate surface area is 121 Å². The number of benzene rings is 1. The van der Waals surface area contributed by atoms with E-state index in [0.717, 1.165) is 24.1 Å². The van der Waals surface area contributed by atoms with Crippen LogP contribution in [0.2, 0.25) is 0 Å². The highest BCUT2D eigenvalue weighted by molar-refractivity contribution is 5.47. The highest BCUT2D eigenvalue weighted by Gasteiger charge is 2.17. The van der Waals surface area contributed by atoms with Gasteiger partial charge in [-0.05, 0) is 44.0 Å². The van der Waals surface area contributed by atoms with Crippen molar-refractivity contribution in [1.82, 2.24) is 10.3 Å². The van der Waals surface area contributed by atoms with Crippen LogP contribution in [0.1, 0.15) is 41.6 Å². The van der Waals surface area contributed by atoms with Gasteiger partial charge in [0.1, 0.15) is 5.82 Å². The fourth-order valence-electron chi connectivity index (χ4n) is 2.38. The third-order valence-electron chi connectivity index (χ3n) is 3.37. The number of nitrogens with one attached hydrogen (secondary N) is 1. The van der Waals surface area contributed by atoms with E-state index >= 15 is 0 Å². The fourth-order valence-corrected chi connectivity index (χ4v) is 2.38. The molecule has 3 nitrogen and oxygen atoms in total. The molecular weight excluding hydrogens is 246 g/mol. The van der Waals surface area contributed by atoms with Gasteiger partial charge in [-0.2, -0.15) is 0 Å². The maximum Gasteiger partial charge on any atom is 0.128 e. The Morgan fingerprint density at radius 3 is 2.70 bits per heavy atom. The first-order valence-electron chi connectivity index (χ1n) is 7.13. The summed E-state index contributed by atoms with van der Waals surface area (Å²) >= 11 is 0. The summed E-state index contributed by atoms with van der Waals surface area (Å²) in [7, 11) is 0. The molecule has 0 aliphatic heterocycles. The van der Waals surface area contributed by atoms with Crippen LogP contribution >= 0.6 is 0 Å². The Balaban J connectivity index is 2.44. The van der Waals surface area contributed by atoms with Gasteiger partial charge >= 0.3 is 0 Å². The molecule has 2 aromatic rings. The number of rotatable bonds is 5. The molecule has 3 N–H and O–H groups in total. The molecule has 1 unspecified atom stereocenters. The normalized spacial score (nSPS) is 12.3. The molecule has 3 heteroatoms. The Bertz CT molecular complexity index is 578. The minimum absolute atomic E-state index is 0.0993. The predicted molar refractivity (Wildman–Crippen MR) is 84.7 cm³/mol. The Kier molecular flexibility index (Phi) is 4.74. The van der Waals surface area contributed by atoms with E-state index in [2.05, 4.69) is 54.5 Å². The summed E-state index contributed by atoms with van der Waals surface area (Å²) in [6.45, 7) is 7.27. The second kappa shape index (κ2) is 6.53. The second-order valence-electron chi connectivity index (χ2n) is 5.29. The molecule has 0 saturated carbocycles. The Hall–Kier alpha value is -1.87. The molecule has 0 amide bonds. The quantitative estimate of drug-likeness (QED) is 0.875. The number of nitrogens with two attached hydrogens (primary N) is 1. The van der Waals surface area contributed by atoms with Gasteiger partial charge in [0.25, 0.3) is 0 Å². The molecule has 0 radical (unpaired) electrons. The topological polar surface area (TPSA) is 50.9 Å². The molecule has 0 saturated heterocycles. The summed E-state index contributed by atoms with van der Waals surface area (Å²) in [5.41, 5.74) is 10.8. The maximum atomic E-state index is 6.09. The van der Waals surface area contributed by atoms with Crippen molar-refractivity contribution < 1.29 is 0 Å². The van der Waals surface area contributed by atoms with Crippen LogP contribution in [0.4, 0.5) is 5.82 Å². The van der Waals surface area contributed by atoms with Crippen molar-refractivity contribution in [3.63, 3.8) is 0 Å². The number of nitrogen functional groups attached to an aromatic ring is 1. The van der Waals surface area contributed by atoms with Crippen LogP contribution in [0.15, 0.2) is 36.5 Å². The van der Waals surface area contributed by atoms with E-state index in [1.807, 2.05) is 13.1 Å². The fraction of sp³-hybridized carbons (Fsp3) is 0.353. The van der Waals surface area contributed by atoms with Gasteiger partial charge in [0.05, 0.1) is 6.04 Å². The highest BCUT2D eigenvalue weighted by atomic mass is 14.9. The zero-order valence-corrected chi connectivity index (χ0v) is 12.5. The minimum atomic E-state index is 0.0993. The summed E-state index contributed by atoms with van der Waals surface area (Å²) in [5, 5.41) is 3.58. The number of hydrogen-bond donors (Lipinski definition) is 2. The maximum absolute atomic E-state index is 6.09. The van der Waals surface area contributed by atoms with Gasteiger partial charge in [-0.15, -0.1) is 0 Å². The molecule has 20 heavy (non-hydrogen) atoms. The molecule has 0 aliphatic rings. The molecule has 1 aromatic carbocycles. The van der Waals surface area contributed by atoms with Crippen molar-refractivity contribution >= 4 is 5.82 Å². The average Bonchev–Trinajstić information content (AvgIpc) is 2.43. The second-order valence-corrected chi connectivity index (χ2v) is 5.29. The first kappa shape index (κ1) is 14.5. The lowest BCUT2D eigenvalue weighted by molar-refractivity contribution is 0.598. The largest absolute Gasteiger partial charge is 0.383 e. The number of hydrogen-bond acceptors (Lipinski definition) is 3. The summed E-state index contributed by atoms with van der Waals surface area (Å²) in [5.74, 6) is 0.603. The van der Waals surface area contributed by atoms with Crippen molar-refractivity contribution in [1.29, 1.82) is 0 Å². The molecule has 1 atom stereocenters. The Morgan fingerprint density at radius 2 is 2.00 bits per heavy atom. The van der Waals surface area contributed by atoms with E-state index in [4.69, 9.17) is 5.73 Å². The monoisotopic (exact) mass is 269 g/mol. The zero-order valence-electron chi connectivity index (χ0n) is 12.5. The standard InChI is InChI=1S/C17H23N3/c1-4-8-19-16(14-7-5-6-12(2)9-14)15-10-13(3)11-20-17(15)18/h5-7,9-11,16,19H,4,8H2,1-3H3,(H2,18,20).